The van der Waals surface area contributed by atoms with E-state index in [0.29, 0.717) is 24.5 Å². The predicted octanol–water partition coefficient (Wildman–Crippen LogP) is 3.48. The van der Waals surface area contributed by atoms with Gasteiger partial charge in [-0.2, -0.15) is 0 Å². The first-order valence-electron chi connectivity index (χ1n) is 10.0. The Kier molecular flexibility index (Phi) is 4.20. The number of fused-ring (bicyclic) bond motifs is 4. The number of carbonyl (C=O) groups is 2. The largest absolute Gasteiger partial charge is 0.497 e. The van der Waals surface area contributed by atoms with Gasteiger partial charge in [0.15, 0.2) is 0 Å². The highest BCUT2D eigenvalue weighted by molar-refractivity contribution is 6.05. The molecule has 2 atom stereocenters. The minimum atomic E-state index is -0.537. The zero-order valence-electron chi connectivity index (χ0n) is 17.1. The highest BCUT2D eigenvalue weighted by atomic mass is 16.5. The summed E-state index contributed by atoms with van der Waals surface area (Å²) in [6.07, 6.45) is 0.489. The number of carbonyl (C=O) groups excluding carboxylic acids is 2. The summed E-state index contributed by atoms with van der Waals surface area (Å²) in [6, 6.07) is 12.3. The number of aromatic nitrogens is 1. The summed E-state index contributed by atoms with van der Waals surface area (Å²) in [5.74, 6) is 1.16. The second kappa shape index (κ2) is 6.79. The molecule has 1 aromatic heterocycles. The zero-order chi connectivity index (χ0) is 21.0. The Labute approximate surface area is 174 Å². The number of benzene rings is 2. The second-order valence-corrected chi connectivity index (χ2v) is 7.57. The van der Waals surface area contributed by atoms with Gasteiger partial charge >= 0.3 is 6.03 Å². The van der Waals surface area contributed by atoms with Crippen LogP contribution in [0.2, 0.25) is 0 Å². The van der Waals surface area contributed by atoms with Crippen LogP contribution in [0.5, 0.6) is 11.5 Å². The molecule has 3 amide bonds. The quantitative estimate of drug-likeness (QED) is 0.675. The molecule has 7 heteroatoms. The van der Waals surface area contributed by atoms with Crippen LogP contribution in [0.1, 0.15) is 29.8 Å². The van der Waals surface area contributed by atoms with Gasteiger partial charge in [-0.3, -0.25) is 14.6 Å². The fourth-order valence-electron chi connectivity index (χ4n) is 4.80. The highest BCUT2D eigenvalue weighted by Crippen LogP contribution is 2.46. The fourth-order valence-corrected chi connectivity index (χ4v) is 4.80. The first-order valence-corrected chi connectivity index (χ1v) is 10.0. The molecule has 0 bridgehead atoms. The van der Waals surface area contributed by atoms with Crippen LogP contribution in [-0.2, 0) is 11.2 Å². The van der Waals surface area contributed by atoms with Crippen molar-refractivity contribution < 1.29 is 19.1 Å². The van der Waals surface area contributed by atoms with Gasteiger partial charge < -0.3 is 14.5 Å². The van der Waals surface area contributed by atoms with E-state index in [-0.39, 0.29) is 11.9 Å². The van der Waals surface area contributed by atoms with Crippen molar-refractivity contribution in [2.45, 2.75) is 25.4 Å². The number of hydrogen-bond donors (Lipinski definition) is 1. The van der Waals surface area contributed by atoms with E-state index in [0.717, 1.165) is 27.7 Å². The number of nitrogens with one attached hydrogen (secondary N) is 1. The molecule has 0 radical (unpaired) electrons. The fraction of sp³-hybridized carbons (Fsp3) is 0.304. The van der Waals surface area contributed by atoms with Crippen molar-refractivity contribution >= 4 is 22.8 Å². The van der Waals surface area contributed by atoms with E-state index in [1.807, 2.05) is 43.3 Å². The number of likely N-dealkylation sites (N-methyl/N-ethyl adjacent to an activating group) is 1. The molecule has 0 saturated carbocycles. The molecule has 154 valence electrons. The Morgan fingerprint density at radius 1 is 1.10 bits per heavy atom. The van der Waals surface area contributed by atoms with Crippen molar-refractivity contribution in [2.24, 2.45) is 0 Å². The van der Waals surface area contributed by atoms with Crippen LogP contribution in [0, 0.1) is 0 Å². The van der Waals surface area contributed by atoms with Gasteiger partial charge in [0.05, 0.1) is 14.2 Å². The lowest BCUT2D eigenvalue weighted by molar-refractivity contribution is -0.128. The summed E-state index contributed by atoms with van der Waals surface area (Å²) in [4.78, 5) is 32.9. The lowest BCUT2D eigenvalue weighted by atomic mass is 9.88. The monoisotopic (exact) mass is 405 g/mol. The van der Waals surface area contributed by atoms with Gasteiger partial charge in [-0.25, -0.2) is 4.79 Å². The molecule has 5 rings (SSSR count). The van der Waals surface area contributed by atoms with Crippen molar-refractivity contribution in [3.8, 4) is 11.5 Å². The highest BCUT2D eigenvalue weighted by Gasteiger charge is 2.52. The zero-order valence-corrected chi connectivity index (χ0v) is 17.1. The van der Waals surface area contributed by atoms with Gasteiger partial charge in [-0.05, 0) is 36.8 Å². The molecule has 2 aliphatic heterocycles. The SMILES string of the molecule is CCN1C(=O)[C@@H]2Cc3c([nH]c4ccccc34)[C@H](c3cc(OC)ccc3OC)N2C1=O. The van der Waals surface area contributed by atoms with E-state index >= 15 is 0 Å². The standard InChI is InChI=1S/C23H23N3O4/c1-4-25-22(27)18-12-15-14-7-5-6-8-17(14)24-20(15)21(26(18)23(25)28)16-11-13(29-2)9-10-19(16)30-3/h5-11,18,21,24H,4,12H2,1-3H3/t18-,21-/m0/s1. The molecular weight excluding hydrogens is 382 g/mol. The smallest absolute Gasteiger partial charge is 0.328 e. The summed E-state index contributed by atoms with van der Waals surface area (Å²) in [7, 11) is 3.21. The van der Waals surface area contributed by atoms with Gasteiger partial charge in [0.1, 0.15) is 23.6 Å². The number of urea groups is 1. The minimum Gasteiger partial charge on any atom is -0.497 e. The Morgan fingerprint density at radius 3 is 2.63 bits per heavy atom. The first-order chi connectivity index (χ1) is 14.6. The summed E-state index contributed by atoms with van der Waals surface area (Å²) in [5.41, 5.74) is 3.76. The maximum Gasteiger partial charge on any atom is 0.328 e. The lowest BCUT2D eigenvalue weighted by Crippen LogP contribution is -2.44. The Balaban J connectivity index is 1.79. The Morgan fingerprint density at radius 2 is 1.90 bits per heavy atom. The van der Waals surface area contributed by atoms with E-state index in [1.54, 1.807) is 19.1 Å². The van der Waals surface area contributed by atoms with Crippen LogP contribution in [0.3, 0.4) is 0 Å². The van der Waals surface area contributed by atoms with Crippen LogP contribution in [0.15, 0.2) is 42.5 Å². The number of H-pyrrole nitrogens is 1. The number of hydrogen-bond acceptors (Lipinski definition) is 4. The van der Waals surface area contributed by atoms with Crippen LogP contribution >= 0.6 is 0 Å². The molecule has 3 heterocycles. The topological polar surface area (TPSA) is 74.9 Å². The molecule has 0 spiro atoms. The number of methoxy groups -OCH3 is 2. The van der Waals surface area contributed by atoms with Crippen molar-refractivity contribution in [1.29, 1.82) is 0 Å². The molecule has 3 aromatic rings. The van der Waals surface area contributed by atoms with Crippen molar-refractivity contribution in [1.82, 2.24) is 14.8 Å². The van der Waals surface area contributed by atoms with E-state index in [4.69, 9.17) is 9.47 Å². The molecule has 1 fully saturated rings. The Hall–Kier alpha value is -3.48. The van der Waals surface area contributed by atoms with E-state index in [2.05, 4.69) is 11.1 Å². The van der Waals surface area contributed by atoms with E-state index < -0.39 is 12.1 Å². The van der Waals surface area contributed by atoms with Crippen LogP contribution in [-0.4, -0.2) is 53.5 Å². The summed E-state index contributed by atoms with van der Waals surface area (Å²) < 4.78 is 11.1. The third-order valence-corrected chi connectivity index (χ3v) is 6.18. The molecule has 1 N–H and O–H groups in total. The molecular formula is C23H23N3O4. The number of nitrogens with zero attached hydrogens (tertiary/aromatic N) is 2. The third-order valence-electron chi connectivity index (χ3n) is 6.18. The molecule has 2 aliphatic rings. The normalized spacial score (nSPS) is 20.5. The van der Waals surface area contributed by atoms with E-state index in [1.165, 1.54) is 4.90 Å². The summed E-state index contributed by atoms with van der Waals surface area (Å²) in [5, 5.41) is 1.08. The number of imide groups is 1. The summed E-state index contributed by atoms with van der Waals surface area (Å²) >= 11 is 0. The average Bonchev–Trinajstić information content (AvgIpc) is 3.26. The molecule has 7 nitrogen and oxygen atoms in total. The molecule has 0 unspecified atom stereocenters. The maximum absolute atomic E-state index is 13.3. The van der Waals surface area contributed by atoms with Gasteiger partial charge in [0, 0.05) is 35.1 Å². The van der Waals surface area contributed by atoms with Crippen LogP contribution < -0.4 is 9.47 Å². The van der Waals surface area contributed by atoms with Gasteiger partial charge in [-0.15, -0.1) is 0 Å². The number of amides is 3. The third kappa shape index (κ3) is 2.44. The molecule has 1 saturated heterocycles. The molecule has 2 aromatic carbocycles. The number of para-hydroxylation sites is 1. The van der Waals surface area contributed by atoms with Crippen molar-refractivity contribution in [3.05, 3.63) is 59.3 Å². The predicted molar refractivity (Wildman–Crippen MR) is 112 cm³/mol. The van der Waals surface area contributed by atoms with Gasteiger partial charge in [0.2, 0.25) is 0 Å². The number of rotatable bonds is 4. The number of ether oxygens (including phenoxy) is 2. The summed E-state index contributed by atoms with van der Waals surface area (Å²) in [6.45, 7) is 2.17. The first kappa shape index (κ1) is 18.5. The second-order valence-electron chi connectivity index (χ2n) is 7.57. The van der Waals surface area contributed by atoms with Crippen molar-refractivity contribution in [2.75, 3.05) is 20.8 Å². The van der Waals surface area contributed by atoms with Crippen LogP contribution in [0.25, 0.3) is 10.9 Å². The minimum absolute atomic E-state index is 0.148. The van der Waals surface area contributed by atoms with E-state index in [9.17, 15) is 9.59 Å². The lowest BCUT2D eigenvalue weighted by Gasteiger charge is -2.36. The van der Waals surface area contributed by atoms with Crippen molar-refractivity contribution in [3.63, 3.8) is 0 Å². The maximum atomic E-state index is 13.3. The van der Waals surface area contributed by atoms with Gasteiger partial charge in [0.25, 0.3) is 5.91 Å². The van der Waals surface area contributed by atoms with Gasteiger partial charge in [-0.1, -0.05) is 18.2 Å². The van der Waals surface area contributed by atoms with Crippen LogP contribution in [0.4, 0.5) is 4.79 Å². The number of aromatic amines is 1. The Bertz CT molecular complexity index is 1170. The molecule has 30 heavy (non-hydrogen) atoms. The molecule has 0 aliphatic carbocycles. The average molecular weight is 405 g/mol.